The van der Waals surface area contributed by atoms with E-state index in [-0.39, 0.29) is 12.4 Å². The first-order chi connectivity index (χ1) is 11.2. The number of hydrogen-bond acceptors (Lipinski definition) is 5. The van der Waals surface area contributed by atoms with E-state index in [1.165, 1.54) is 37.8 Å². The quantitative estimate of drug-likeness (QED) is 0.850. The molecule has 6 heteroatoms. The summed E-state index contributed by atoms with van der Waals surface area (Å²) in [6, 6.07) is 7.30. The molecule has 0 atom stereocenters. The normalized spacial score (nSPS) is 15.6. The lowest BCUT2D eigenvalue weighted by Gasteiger charge is -2.27. The Morgan fingerprint density at radius 2 is 1.96 bits per heavy atom. The maximum Gasteiger partial charge on any atom is 0.240 e. The van der Waals surface area contributed by atoms with Crippen LogP contribution in [-0.2, 0) is 19.5 Å². The van der Waals surface area contributed by atoms with Crippen molar-refractivity contribution in [3.63, 3.8) is 0 Å². The molecule has 124 valence electrons. The molecule has 0 saturated heterocycles. The third-order valence-corrected chi connectivity index (χ3v) is 4.47. The van der Waals surface area contributed by atoms with Gasteiger partial charge in [0.1, 0.15) is 5.82 Å². The van der Waals surface area contributed by atoms with Crippen LogP contribution in [0.3, 0.4) is 0 Å². The Bertz CT molecular complexity index is 607. The van der Waals surface area contributed by atoms with Gasteiger partial charge < -0.3 is 10.3 Å². The molecule has 23 heavy (non-hydrogen) atoms. The summed E-state index contributed by atoms with van der Waals surface area (Å²) < 4.78 is 18.1. The molecule has 1 aromatic carbocycles. The van der Waals surface area contributed by atoms with Crippen molar-refractivity contribution in [2.24, 2.45) is 5.73 Å². The Labute approximate surface area is 135 Å². The van der Waals surface area contributed by atoms with Gasteiger partial charge in [0.25, 0.3) is 0 Å². The van der Waals surface area contributed by atoms with Gasteiger partial charge in [-0.3, -0.25) is 4.90 Å². The van der Waals surface area contributed by atoms with Crippen LogP contribution < -0.4 is 5.73 Å². The van der Waals surface area contributed by atoms with E-state index in [0.717, 1.165) is 18.5 Å². The summed E-state index contributed by atoms with van der Waals surface area (Å²) in [5.74, 6) is 0.976. The van der Waals surface area contributed by atoms with Crippen molar-refractivity contribution < 1.29 is 8.91 Å². The Morgan fingerprint density at radius 3 is 2.61 bits per heavy atom. The fourth-order valence-corrected chi connectivity index (χ4v) is 3.20. The van der Waals surface area contributed by atoms with Gasteiger partial charge in [-0.15, -0.1) is 0 Å². The van der Waals surface area contributed by atoms with Crippen molar-refractivity contribution in [3.8, 4) is 0 Å². The van der Waals surface area contributed by atoms with Crippen LogP contribution in [0.15, 0.2) is 28.8 Å². The van der Waals surface area contributed by atoms with E-state index in [0.29, 0.717) is 24.3 Å². The van der Waals surface area contributed by atoms with E-state index < -0.39 is 0 Å². The molecular weight excluding hydrogens is 295 g/mol. The van der Waals surface area contributed by atoms with Gasteiger partial charge in [-0.05, 0) is 37.0 Å². The highest BCUT2D eigenvalue weighted by Gasteiger charge is 2.24. The van der Waals surface area contributed by atoms with E-state index >= 15 is 0 Å². The molecule has 1 aromatic heterocycles. The lowest BCUT2D eigenvalue weighted by Crippen LogP contribution is -2.35. The van der Waals surface area contributed by atoms with E-state index in [9.17, 15) is 4.39 Å². The average Bonchev–Trinajstić information content (AvgIpc) is 3.24. The van der Waals surface area contributed by atoms with E-state index in [2.05, 4.69) is 15.0 Å². The van der Waals surface area contributed by atoms with Crippen LogP contribution in [0.4, 0.5) is 4.39 Å². The molecule has 1 saturated carbocycles. The van der Waals surface area contributed by atoms with Gasteiger partial charge in [0.2, 0.25) is 5.89 Å². The van der Waals surface area contributed by atoms with Crippen LogP contribution in [0, 0.1) is 5.82 Å². The number of hydrogen-bond donors (Lipinski definition) is 1. The Morgan fingerprint density at radius 1 is 1.22 bits per heavy atom. The minimum atomic E-state index is -0.192. The lowest BCUT2D eigenvalue weighted by molar-refractivity contribution is 0.185. The maximum atomic E-state index is 13.0. The minimum absolute atomic E-state index is 0.192. The van der Waals surface area contributed by atoms with Gasteiger partial charge in [0, 0.05) is 12.6 Å². The monoisotopic (exact) mass is 318 g/mol. The second-order valence-corrected chi connectivity index (χ2v) is 6.09. The predicted molar refractivity (Wildman–Crippen MR) is 85.0 cm³/mol. The van der Waals surface area contributed by atoms with Crippen molar-refractivity contribution in [3.05, 3.63) is 47.4 Å². The number of rotatable bonds is 7. The number of benzene rings is 1. The molecule has 1 fully saturated rings. The van der Waals surface area contributed by atoms with Crippen LogP contribution in [-0.4, -0.2) is 27.6 Å². The third kappa shape index (κ3) is 4.36. The summed E-state index contributed by atoms with van der Waals surface area (Å²) in [5, 5.41) is 4.01. The van der Waals surface area contributed by atoms with E-state index in [1.807, 2.05) is 12.1 Å². The summed E-state index contributed by atoms with van der Waals surface area (Å²) in [5.41, 5.74) is 6.67. The fourth-order valence-electron chi connectivity index (χ4n) is 3.20. The van der Waals surface area contributed by atoms with Gasteiger partial charge in [0.05, 0.1) is 13.1 Å². The van der Waals surface area contributed by atoms with Gasteiger partial charge in [-0.25, -0.2) is 4.39 Å². The Kier molecular flexibility index (Phi) is 5.35. The smallest absolute Gasteiger partial charge is 0.240 e. The molecule has 0 radical (unpaired) electrons. The zero-order chi connectivity index (χ0) is 16.1. The van der Waals surface area contributed by atoms with Crippen LogP contribution in [0.1, 0.15) is 43.0 Å². The van der Waals surface area contributed by atoms with Crippen molar-refractivity contribution in [2.45, 2.75) is 51.2 Å². The summed E-state index contributed by atoms with van der Waals surface area (Å²) in [7, 11) is 0. The molecule has 1 aliphatic rings. The number of nitrogens with zero attached hydrogens (tertiary/aromatic N) is 3. The van der Waals surface area contributed by atoms with Crippen LogP contribution in [0.5, 0.6) is 0 Å². The molecule has 0 amide bonds. The van der Waals surface area contributed by atoms with Crippen molar-refractivity contribution in [1.29, 1.82) is 0 Å². The molecule has 1 aliphatic carbocycles. The van der Waals surface area contributed by atoms with E-state index in [4.69, 9.17) is 10.3 Å². The highest BCUT2D eigenvalue weighted by atomic mass is 19.1. The van der Waals surface area contributed by atoms with E-state index in [1.54, 1.807) is 0 Å². The molecule has 5 nitrogen and oxygen atoms in total. The highest BCUT2D eigenvalue weighted by molar-refractivity contribution is 5.16. The Hall–Kier alpha value is -1.79. The molecule has 0 unspecified atom stereocenters. The second-order valence-electron chi connectivity index (χ2n) is 6.09. The lowest BCUT2D eigenvalue weighted by atomic mass is 10.1. The first kappa shape index (κ1) is 16.1. The fraction of sp³-hybridized carbons (Fsp3) is 0.529. The summed E-state index contributed by atoms with van der Waals surface area (Å²) >= 11 is 0. The van der Waals surface area contributed by atoms with Crippen LogP contribution >= 0.6 is 0 Å². The third-order valence-electron chi connectivity index (χ3n) is 4.47. The highest BCUT2D eigenvalue weighted by Crippen LogP contribution is 2.25. The maximum absolute atomic E-state index is 13.0. The van der Waals surface area contributed by atoms with Gasteiger partial charge in [-0.2, -0.15) is 4.98 Å². The molecule has 1 heterocycles. The summed E-state index contributed by atoms with van der Waals surface area (Å²) in [6.45, 7) is 1.85. The zero-order valence-corrected chi connectivity index (χ0v) is 13.2. The van der Waals surface area contributed by atoms with Crippen molar-refractivity contribution in [2.75, 3.05) is 6.54 Å². The molecule has 2 aromatic rings. The van der Waals surface area contributed by atoms with Crippen LogP contribution in [0.25, 0.3) is 0 Å². The van der Waals surface area contributed by atoms with Gasteiger partial charge in [-0.1, -0.05) is 30.1 Å². The SMILES string of the molecule is NCc1nc(CN(CCc2ccc(F)cc2)C2CCCC2)no1. The molecular formula is C17H23FN4O. The number of nitrogens with two attached hydrogens (primary N) is 1. The van der Waals surface area contributed by atoms with Crippen LogP contribution in [0.2, 0.25) is 0 Å². The number of halogens is 1. The first-order valence-electron chi connectivity index (χ1n) is 8.24. The van der Waals surface area contributed by atoms with Crippen molar-refractivity contribution in [1.82, 2.24) is 15.0 Å². The molecule has 0 aliphatic heterocycles. The minimum Gasteiger partial charge on any atom is -0.338 e. The topological polar surface area (TPSA) is 68.2 Å². The zero-order valence-electron chi connectivity index (χ0n) is 13.2. The molecule has 0 bridgehead atoms. The Balaban J connectivity index is 1.64. The van der Waals surface area contributed by atoms with Gasteiger partial charge in [0.15, 0.2) is 5.82 Å². The number of aromatic nitrogens is 2. The molecule has 2 N–H and O–H groups in total. The molecule has 0 spiro atoms. The summed E-state index contributed by atoms with van der Waals surface area (Å²) in [4.78, 5) is 6.73. The predicted octanol–water partition coefficient (Wildman–Crippen LogP) is 2.65. The molecule has 3 rings (SSSR count). The van der Waals surface area contributed by atoms with Crippen molar-refractivity contribution >= 4 is 0 Å². The second kappa shape index (κ2) is 7.66. The summed E-state index contributed by atoms with van der Waals surface area (Å²) in [6.07, 6.45) is 5.87. The average molecular weight is 318 g/mol. The first-order valence-corrected chi connectivity index (χ1v) is 8.24. The standard InChI is InChI=1S/C17H23FN4O/c18-14-7-5-13(6-8-14)9-10-22(15-3-1-2-4-15)12-16-20-17(11-19)23-21-16/h5-8,15H,1-4,9-12,19H2. The largest absolute Gasteiger partial charge is 0.338 e. The van der Waals surface area contributed by atoms with Gasteiger partial charge >= 0.3 is 0 Å².